The van der Waals surface area contributed by atoms with Crippen LogP contribution >= 0.6 is 0 Å². The molecule has 0 bridgehead atoms. The summed E-state index contributed by atoms with van der Waals surface area (Å²) >= 11 is 0. The summed E-state index contributed by atoms with van der Waals surface area (Å²) in [6, 6.07) is -0.0394. The minimum absolute atomic E-state index is 0.0365. The average molecular weight is 210 g/mol. The van der Waals surface area contributed by atoms with Crippen molar-refractivity contribution in [2.45, 2.75) is 33.7 Å². The number of amides is 1. The first kappa shape index (κ1) is 10.9. The molecule has 0 radical (unpaired) electrons. The van der Waals surface area contributed by atoms with Crippen LogP contribution in [0.3, 0.4) is 0 Å². The van der Waals surface area contributed by atoms with Gasteiger partial charge in [-0.15, -0.1) is 0 Å². The molecule has 15 heavy (non-hydrogen) atoms. The van der Waals surface area contributed by atoms with Crippen molar-refractivity contribution >= 4 is 5.91 Å². The van der Waals surface area contributed by atoms with E-state index in [0.29, 0.717) is 5.41 Å². The number of fused-ring (bicyclic) bond motifs is 1. The van der Waals surface area contributed by atoms with E-state index >= 15 is 0 Å². The monoisotopic (exact) mass is 210 g/mol. The van der Waals surface area contributed by atoms with Crippen LogP contribution in [0.15, 0.2) is 0 Å². The van der Waals surface area contributed by atoms with Gasteiger partial charge in [0.1, 0.15) is 0 Å². The van der Waals surface area contributed by atoms with Crippen LogP contribution in [0.4, 0.5) is 0 Å². The summed E-state index contributed by atoms with van der Waals surface area (Å²) in [5.41, 5.74) is 6.24. The largest absolute Gasteiger partial charge is 0.342 e. The highest BCUT2D eigenvalue weighted by atomic mass is 16.2. The van der Waals surface area contributed by atoms with Crippen molar-refractivity contribution < 1.29 is 4.79 Å². The molecule has 1 aliphatic heterocycles. The van der Waals surface area contributed by atoms with E-state index in [1.54, 1.807) is 0 Å². The van der Waals surface area contributed by atoms with E-state index in [1.807, 2.05) is 18.7 Å². The Kier molecular flexibility index (Phi) is 2.34. The summed E-state index contributed by atoms with van der Waals surface area (Å²) in [5.74, 6) is 1.68. The number of hydrogen-bond acceptors (Lipinski definition) is 2. The van der Waals surface area contributed by atoms with E-state index in [9.17, 15) is 4.79 Å². The van der Waals surface area contributed by atoms with Crippen LogP contribution in [-0.4, -0.2) is 29.9 Å². The van der Waals surface area contributed by atoms with Gasteiger partial charge in [0.2, 0.25) is 5.91 Å². The first-order chi connectivity index (χ1) is 6.85. The highest BCUT2D eigenvalue weighted by Gasteiger charge is 2.62. The lowest BCUT2D eigenvalue weighted by Crippen LogP contribution is -2.42. The minimum atomic E-state index is -0.0394. The molecule has 0 aromatic rings. The molecule has 2 fully saturated rings. The molecule has 1 amide bonds. The fourth-order valence-corrected chi connectivity index (χ4v) is 2.82. The quantitative estimate of drug-likeness (QED) is 0.741. The van der Waals surface area contributed by atoms with Crippen molar-refractivity contribution in [3.8, 4) is 0 Å². The van der Waals surface area contributed by atoms with E-state index < -0.39 is 0 Å². The number of likely N-dealkylation sites (tertiary alicyclic amines) is 1. The van der Waals surface area contributed by atoms with E-state index in [0.717, 1.165) is 24.9 Å². The smallest absolute Gasteiger partial charge is 0.226 e. The molecule has 2 N–H and O–H groups in total. The molecule has 1 saturated heterocycles. The number of hydrogen-bond donors (Lipinski definition) is 1. The molecule has 2 rings (SSSR count). The Morgan fingerprint density at radius 3 is 2.20 bits per heavy atom. The second kappa shape index (κ2) is 3.21. The molecule has 0 aromatic carbocycles. The molecule has 0 spiro atoms. The van der Waals surface area contributed by atoms with Gasteiger partial charge in [0.05, 0.1) is 5.92 Å². The van der Waals surface area contributed by atoms with Crippen LogP contribution in [0.25, 0.3) is 0 Å². The zero-order chi connectivity index (χ0) is 11.4. The Hall–Kier alpha value is -0.570. The highest BCUT2D eigenvalue weighted by molar-refractivity contribution is 5.79. The van der Waals surface area contributed by atoms with Crippen molar-refractivity contribution in [2.75, 3.05) is 13.1 Å². The molecule has 4 atom stereocenters. The van der Waals surface area contributed by atoms with Crippen molar-refractivity contribution in [2.24, 2.45) is 28.9 Å². The topological polar surface area (TPSA) is 46.3 Å². The lowest BCUT2D eigenvalue weighted by Gasteiger charge is -2.26. The Bertz CT molecular complexity index is 271. The minimum Gasteiger partial charge on any atom is -0.342 e. The molecule has 1 aliphatic carbocycles. The normalized spacial score (nSPS) is 35.9. The van der Waals surface area contributed by atoms with Crippen LogP contribution in [-0.2, 0) is 4.79 Å². The Morgan fingerprint density at radius 2 is 1.80 bits per heavy atom. The Labute approximate surface area is 92.0 Å². The number of carbonyl (C=O) groups is 1. The van der Waals surface area contributed by atoms with E-state index in [2.05, 4.69) is 13.8 Å². The lowest BCUT2D eigenvalue weighted by atomic mass is 10.0. The van der Waals surface area contributed by atoms with Gasteiger partial charge in [-0.25, -0.2) is 0 Å². The van der Waals surface area contributed by atoms with E-state index in [4.69, 9.17) is 5.73 Å². The highest BCUT2D eigenvalue weighted by Crippen LogP contribution is 2.62. The van der Waals surface area contributed by atoms with Gasteiger partial charge in [-0.2, -0.15) is 0 Å². The Morgan fingerprint density at radius 1 is 1.33 bits per heavy atom. The van der Waals surface area contributed by atoms with Crippen LogP contribution in [0.1, 0.15) is 27.7 Å². The first-order valence-electron chi connectivity index (χ1n) is 5.90. The maximum atomic E-state index is 12.0. The molecule has 3 nitrogen and oxygen atoms in total. The fourth-order valence-electron chi connectivity index (χ4n) is 2.82. The van der Waals surface area contributed by atoms with Gasteiger partial charge in [0.25, 0.3) is 0 Å². The standard InChI is InChI=1S/C12H22N2O/c1-7(8(2)13)11(15)14-5-9-10(6-14)12(9,3)4/h7-10H,5-6,13H2,1-4H3. The molecule has 0 aromatic heterocycles. The van der Waals surface area contributed by atoms with Crippen LogP contribution in [0, 0.1) is 23.2 Å². The summed E-state index contributed by atoms with van der Waals surface area (Å²) < 4.78 is 0. The predicted octanol–water partition coefficient (Wildman–Crippen LogP) is 1.08. The third-order valence-electron chi connectivity index (χ3n) is 4.61. The zero-order valence-corrected chi connectivity index (χ0v) is 10.2. The van der Waals surface area contributed by atoms with Crippen LogP contribution < -0.4 is 5.73 Å². The molecular weight excluding hydrogens is 188 g/mol. The molecule has 3 heteroatoms. The number of rotatable bonds is 2. The third-order valence-corrected chi connectivity index (χ3v) is 4.61. The molecule has 1 saturated carbocycles. The molecular formula is C12H22N2O. The number of carbonyl (C=O) groups excluding carboxylic acids is 1. The van der Waals surface area contributed by atoms with Crippen LogP contribution in [0.2, 0.25) is 0 Å². The summed E-state index contributed by atoms with van der Waals surface area (Å²) in [4.78, 5) is 14.0. The van der Waals surface area contributed by atoms with E-state index in [-0.39, 0.29) is 17.9 Å². The summed E-state index contributed by atoms with van der Waals surface area (Å²) in [5, 5.41) is 0. The number of nitrogens with zero attached hydrogens (tertiary/aromatic N) is 1. The number of piperidine rings is 1. The third kappa shape index (κ3) is 1.57. The van der Waals surface area contributed by atoms with Crippen molar-refractivity contribution in [3.63, 3.8) is 0 Å². The second-order valence-electron chi connectivity index (χ2n) is 5.93. The van der Waals surface area contributed by atoms with Gasteiger partial charge in [0.15, 0.2) is 0 Å². The maximum absolute atomic E-state index is 12.0. The maximum Gasteiger partial charge on any atom is 0.226 e. The van der Waals surface area contributed by atoms with Gasteiger partial charge in [-0.05, 0) is 24.2 Å². The molecule has 2 aliphatic rings. The van der Waals surface area contributed by atoms with Gasteiger partial charge < -0.3 is 10.6 Å². The predicted molar refractivity (Wildman–Crippen MR) is 60.2 cm³/mol. The fraction of sp³-hybridized carbons (Fsp3) is 0.917. The van der Waals surface area contributed by atoms with Crippen LogP contribution in [0.5, 0.6) is 0 Å². The van der Waals surface area contributed by atoms with Crippen molar-refractivity contribution in [1.29, 1.82) is 0 Å². The van der Waals surface area contributed by atoms with Gasteiger partial charge in [-0.3, -0.25) is 4.79 Å². The molecule has 1 heterocycles. The number of nitrogens with two attached hydrogens (primary N) is 1. The molecule has 4 unspecified atom stereocenters. The second-order valence-corrected chi connectivity index (χ2v) is 5.93. The van der Waals surface area contributed by atoms with E-state index in [1.165, 1.54) is 0 Å². The van der Waals surface area contributed by atoms with Gasteiger partial charge in [-0.1, -0.05) is 20.8 Å². The van der Waals surface area contributed by atoms with Crippen molar-refractivity contribution in [1.82, 2.24) is 4.90 Å². The summed E-state index contributed by atoms with van der Waals surface area (Å²) in [6.07, 6.45) is 0. The SMILES string of the molecule is CC(N)C(C)C(=O)N1CC2C(C1)C2(C)C. The van der Waals surface area contributed by atoms with Crippen molar-refractivity contribution in [3.05, 3.63) is 0 Å². The van der Waals surface area contributed by atoms with Gasteiger partial charge in [0, 0.05) is 19.1 Å². The van der Waals surface area contributed by atoms with Gasteiger partial charge >= 0.3 is 0 Å². The average Bonchev–Trinajstić information content (AvgIpc) is 2.55. The summed E-state index contributed by atoms with van der Waals surface area (Å²) in [7, 11) is 0. The Balaban J connectivity index is 1.92. The first-order valence-corrected chi connectivity index (χ1v) is 5.90. The summed E-state index contributed by atoms with van der Waals surface area (Å²) in [6.45, 7) is 10.4. The zero-order valence-electron chi connectivity index (χ0n) is 10.2. The molecule has 86 valence electrons. The lowest BCUT2D eigenvalue weighted by molar-refractivity contribution is -0.135.